The number of carbonyl (C=O) groups is 4. The van der Waals surface area contributed by atoms with E-state index in [1.54, 1.807) is 14.7 Å². The van der Waals surface area contributed by atoms with E-state index in [4.69, 9.17) is 0 Å². The van der Waals surface area contributed by atoms with Gasteiger partial charge in [-0.3, -0.25) is 19.2 Å². The maximum atomic E-state index is 12.7. The summed E-state index contributed by atoms with van der Waals surface area (Å²) >= 11 is 0. The lowest BCUT2D eigenvalue weighted by Gasteiger charge is -2.35. The van der Waals surface area contributed by atoms with Crippen molar-refractivity contribution in [2.45, 2.75) is 51.5 Å². The Morgan fingerprint density at radius 3 is 2.29 bits per heavy atom. The van der Waals surface area contributed by atoms with Gasteiger partial charge in [0.25, 0.3) is 0 Å². The summed E-state index contributed by atoms with van der Waals surface area (Å²) in [5, 5.41) is 2.73. The highest BCUT2D eigenvalue weighted by atomic mass is 16.2. The maximum Gasteiger partial charge on any atom is 0.245 e. The molecule has 28 heavy (non-hydrogen) atoms. The minimum atomic E-state index is -0.320. The van der Waals surface area contributed by atoms with Crippen molar-refractivity contribution in [3.05, 3.63) is 0 Å². The average molecular weight is 393 g/mol. The number of nitrogens with zero attached hydrogens (tertiary/aromatic N) is 3. The van der Waals surface area contributed by atoms with Crippen molar-refractivity contribution in [3.8, 4) is 0 Å². The van der Waals surface area contributed by atoms with Gasteiger partial charge < -0.3 is 20.0 Å². The van der Waals surface area contributed by atoms with Gasteiger partial charge in [0.15, 0.2) is 0 Å². The van der Waals surface area contributed by atoms with E-state index < -0.39 is 0 Å². The first kappa shape index (κ1) is 20.6. The molecule has 1 saturated carbocycles. The van der Waals surface area contributed by atoms with Gasteiger partial charge in [-0.25, -0.2) is 0 Å². The van der Waals surface area contributed by atoms with E-state index >= 15 is 0 Å². The zero-order valence-electron chi connectivity index (χ0n) is 17.0. The highest BCUT2D eigenvalue weighted by Gasteiger charge is 2.35. The molecular formula is C20H32N4O4. The van der Waals surface area contributed by atoms with Gasteiger partial charge in [0.1, 0.15) is 6.04 Å². The van der Waals surface area contributed by atoms with Crippen molar-refractivity contribution >= 4 is 23.6 Å². The van der Waals surface area contributed by atoms with E-state index in [0.717, 1.165) is 38.5 Å². The van der Waals surface area contributed by atoms with Crippen LogP contribution in [0.3, 0.4) is 0 Å². The Bertz CT molecular complexity index is 626. The molecule has 3 fully saturated rings. The third-order valence-corrected chi connectivity index (χ3v) is 6.18. The third-order valence-electron chi connectivity index (χ3n) is 6.18. The number of likely N-dealkylation sites (N-methyl/N-ethyl adjacent to an activating group) is 1. The summed E-state index contributed by atoms with van der Waals surface area (Å²) in [6, 6.07) is -0.320. The molecule has 0 aromatic heterocycles. The molecule has 156 valence electrons. The summed E-state index contributed by atoms with van der Waals surface area (Å²) < 4.78 is 0. The number of nitrogens with one attached hydrogen (secondary N) is 1. The summed E-state index contributed by atoms with van der Waals surface area (Å²) in [5.74, 6) is 0.422. The zero-order valence-corrected chi connectivity index (χ0v) is 17.0. The van der Waals surface area contributed by atoms with Crippen LogP contribution < -0.4 is 5.32 Å². The van der Waals surface area contributed by atoms with Gasteiger partial charge in [-0.2, -0.15) is 0 Å². The van der Waals surface area contributed by atoms with Gasteiger partial charge in [-0.05, 0) is 44.4 Å². The van der Waals surface area contributed by atoms with Crippen LogP contribution in [0.5, 0.6) is 0 Å². The van der Waals surface area contributed by atoms with Crippen molar-refractivity contribution in [2.24, 2.45) is 11.8 Å². The first-order valence-corrected chi connectivity index (χ1v) is 10.4. The molecule has 2 heterocycles. The van der Waals surface area contributed by atoms with Crippen molar-refractivity contribution in [2.75, 3.05) is 39.8 Å². The molecule has 0 spiro atoms. The first-order valence-electron chi connectivity index (χ1n) is 10.4. The molecule has 2 saturated heterocycles. The van der Waals surface area contributed by atoms with E-state index in [1.165, 1.54) is 6.92 Å². The zero-order chi connectivity index (χ0) is 20.3. The Morgan fingerprint density at radius 2 is 1.68 bits per heavy atom. The number of hydrogen-bond donors (Lipinski definition) is 1. The number of hydrogen-bond acceptors (Lipinski definition) is 4. The molecule has 2 aliphatic heterocycles. The molecule has 0 aromatic rings. The fraction of sp³-hybridized carbons (Fsp3) is 0.800. The van der Waals surface area contributed by atoms with Crippen LogP contribution in [0.4, 0.5) is 0 Å². The Balaban J connectivity index is 1.39. The fourth-order valence-electron chi connectivity index (χ4n) is 4.26. The van der Waals surface area contributed by atoms with Crippen molar-refractivity contribution in [3.63, 3.8) is 0 Å². The van der Waals surface area contributed by atoms with E-state index in [9.17, 15) is 19.2 Å². The fourth-order valence-corrected chi connectivity index (χ4v) is 4.26. The average Bonchev–Trinajstić information content (AvgIpc) is 3.41. The van der Waals surface area contributed by atoms with Crippen LogP contribution in [-0.2, 0) is 19.2 Å². The minimum absolute atomic E-state index is 0.00473. The number of rotatable bonds is 6. The summed E-state index contributed by atoms with van der Waals surface area (Å²) in [6.07, 6.45) is 5.18. The van der Waals surface area contributed by atoms with Crippen LogP contribution in [0.2, 0.25) is 0 Å². The third kappa shape index (κ3) is 5.02. The SMILES string of the molecule is CC(=O)N1CCC[C@H]1C(=O)N(C)CC1CCN(C(=O)CNC(=O)C2CC2)CC1. The largest absolute Gasteiger partial charge is 0.347 e. The summed E-state index contributed by atoms with van der Waals surface area (Å²) in [6.45, 7) is 4.24. The molecule has 1 atom stereocenters. The molecule has 1 N–H and O–H groups in total. The lowest BCUT2D eigenvalue weighted by molar-refractivity contribution is -0.142. The van der Waals surface area contributed by atoms with E-state index in [1.807, 2.05) is 7.05 Å². The monoisotopic (exact) mass is 392 g/mol. The Labute approximate surface area is 166 Å². The standard InChI is InChI=1S/C20H32N4O4/c1-14(25)24-9-3-4-17(24)20(28)22(2)13-15-7-10-23(11-8-15)18(26)12-21-19(27)16-5-6-16/h15-17H,3-13H2,1-2H3,(H,21,27)/t17-/m0/s1. The molecule has 8 heteroatoms. The number of likely N-dealkylation sites (tertiary alicyclic amines) is 2. The van der Waals surface area contributed by atoms with Crippen LogP contribution in [-0.4, -0.2) is 84.1 Å². The highest BCUT2D eigenvalue weighted by molar-refractivity contribution is 5.88. The highest BCUT2D eigenvalue weighted by Crippen LogP contribution is 2.28. The lowest BCUT2D eigenvalue weighted by Crippen LogP contribution is -2.49. The summed E-state index contributed by atoms with van der Waals surface area (Å²) in [7, 11) is 1.81. The number of piperidine rings is 1. The molecule has 3 aliphatic rings. The van der Waals surface area contributed by atoms with E-state index in [-0.39, 0.29) is 42.1 Å². The first-order chi connectivity index (χ1) is 13.4. The maximum absolute atomic E-state index is 12.7. The summed E-state index contributed by atoms with van der Waals surface area (Å²) in [4.78, 5) is 53.6. The van der Waals surface area contributed by atoms with Gasteiger partial charge >= 0.3 is 0 Å². The van der Waals surface area contributed by atoms with Crippen LogP contribution in [0, 0.1) is 11.8 Å². The van der Waals surface area contributed by atoms with Gasteiger partial charge in [0.2, 0.25) is 23.6 Å². The molecular weight excluding hydrogens is 360 g/mol. The van der Waals surface area contributed by atoms with Crippen molar-refractivity contribution in [1.29, 1.82) is 0 Å². The predicted octanol–water partition coefficient (Wildman–Crippen LogP) is 0.221. The van der Waals surface area contributed by atoms with Gasteiger partial charge in [-0.1, -0.05) is 0 Å². The molecule has 8 nitrogen and oxygen atoms in total. The Kier molecular flexibility index (Phi) is 6.57. The van der Waals surface area contributed by atoms with Crippen LogP contribution in [0.25, 0.3) is 0 Å². The van der Waals surface area contributed by atoms with Crippen LogP contribution >= 0.6 is 0 Å². The number of carbonyl (C=O) groups excluding carboxylic acids is 4. The van der Waals surface area contributed by atoms with Crippen LogP contribution in [0.15, 0.2) is 0 Å². The second-order valence-electron chi connectivity index (χ2n) is 8.41. The minimum Gasteiger partial charge on any atom is -0.347 e. The second kappa shape index (κ2) is 8.92. The van der Waals surface area contributed by atoms with Crippen LogP contribution in [0.1, 0.15) is 45.4 Å². The molecule has 4 amide bonds. The van der Waals surface area contributed by atoms with Crippen molar-refractivity contribution in [1.82, 2.24) is 20.0 Å². The Hall–Kier alpha value is -2.12. The van der Waals surface area contributed by atoms with Crippen molar-refractivity contribution < 1.29 is 19.2 Å². The second-order valence-corrected chi connectivity index (χ2v) is 8.41. The molecule has 0 bridgehead atoms. The molecule has 0 radical (unpaired) electrons. The number of amides is 4. The Morgan fingerprint density at radius 1 is 1.00 bits per heavy atom. The molecule has 1 aliphatic carbocycles. The molecule has 3 rings (SSSR count). The lowest BCUT2D eigenvalue weighted by atomic mass is 9.96. The normalized spacial score (nSPS) is 22.9. The van der Waals surface area contributed by atoms with Gasteiger partial charge in [0, 0.05) is 46.1 Å². The van der Waals surface area contributed by atoms with E-state index in [2.05, 4.69) is 5.32 Å². The quantitative estimate of drug-likeness (QED) is 0.700. The molecule has 0 unspecified atom stereocenters. The van der Waals surface area contributed by atoms with Gasteiger partial charge in [0.05, 0.1) is 6.54 Å². The smallest absolute Gasteiger partial charge is 0.245 e. The van der Waals surface area contributed by atoms with Gasteiger partial charge in [-0.15, -0.1) is 0 Å². The predicted molar refractivity (Wildman–Crippen MR) is 103 cm³/mol. The molecule has 0 aromatic carbocycles. The van der Waals surface area contributed by atoms with E-state index in [0.29, 0.717) is 32.1 Å². The topological polar surface area (TPSA) is 90.0 Å². The summed E-state index contributed by atoms with van der Waals surface area (Å²) in [5.41, 5.74) is 0.